The number of ether oxygens (including phenoxy) is 1. The number of rotatable bonds is 2. The standard InChI is InChI=1S/C12H18O3/c1-7(2)10-6-9(13)5-8(3)11(10)12(14)15-4/h5,7,10-11H,6H2,1-4H3/t10-,11+/m1/s1. The number of methoxy groups -OCH3 is 1. The van der Waals surface area contributed by atoms with E-state index in [1.54, 1.807) is 6.08 Å². The van der Waals surface area contributed by atoms with E-state index >= 15 is 0 Å². The van der Waals surface area contributed by atoms with Crippen molar-refractivity contribution in [3.05, 3.63) is 11.6 Å². The zero-order valence-corrected chi connectivity index (χ0v) is 9.74. The normalized spacial score (nSPS) is 26.5. The maximum absolute atomic E-state index is 11.6. The first-order valence-corrected chi connectivity index (χ1v) is 5.26. The Morgan fingerprint density at radius 1 is 1.53 bits per heavy atom. The summed E-state index contributed by atoms with van der Waals surface area (Å²) in [4.78, 5) is 23.0. The predicted octanol–water partition coefficient (Wildman–Crippen LogP) is 1.97. The zero-order valence-electron chi connectivity index (χ0n) is 9.74. The van der Waals surface area contributed by atoms with Crippen molar-refractivity contribution >= 4 is 11.8 Å². The number of hydrogen-bond acceptors (Lipinski definition) is 3. The highest BCUT2D eigenvalue weighted by Crippen LogP contribution is 2.34. The molecule has 0 aromatic rings. The largest absolute Gasteiger partial charge is 0.469 e. The van der Waals surface area contributed by atoms with E-state index in [4.69, 9.17) is 4.74 Å². The molecule has 84 valence electrons. The van der Waals surface area contributed by atoms with Crippen LogP contribution in [0.4, 0.5) is 0 Å². The van der Waals surface area contributed by atoms with Crippen molar-refractivity contribution in [3.63, 3.8) is 0 Å². The fraction of sp³-hybridized carbons (Fsp3) is 0.667. The van der Waals surface area contributed by atoms with Crippen LogP contribution in [-0.4, -0.2) is 18.9 Å². The fourth-order valence-electron chi connectivity index (χ4n) is 2.20. The molecule has 3 nitrogen and oxygen atoms in total. The second kappa shape index (κ2) is 4.60. The molecule has 0 radical (unpaired) electrons. The first-order chi connectivity index (χ1) is 6.97. The molecule has 0 saturated carbocycles. The Hall–Kier alpha value is -1.12. The highest BCUT2D eigenvalue weighted by atomic mass is 16.5. The molecule has 3 heteroatoms. The van der Waals surface area contributed by atoms with Crippen molar-refractivity contribution in [2.24, 2.45) is 17.8 Å². The topological polar surface area (TPSA) is 43.4 Å². The lowest BCUT2D eigenvalue weighted by Gasteiger charge is -2.31. The molecule has 0 heterocycles. The van der Waals surface area contributed by atoms with Crippen molar-refractivity contribution in [1.82, 2.24) is 0 Å². The molecule has 0 aromatic heterocycles. The van der Waals surface area contributed by atoms with Crippen LogP contribution in [0.3, 0.4) is 0 Å². The van der Waals surface area contributed by atoms with Gasteiger partial charge in [-0.2, -0.15) is 0 Å². The molecule has 2 atom stereocenters. The third-order valence-corrected chi connectivity index (χ3v) is 3.06. The van der Waals surface area contributed by atoms with Gasteiger partial charge in [-0.25, -0.2) is 0 Å². The predicted molar refractivity (Wildman–Crippen MR) is 57.2 cm³/mol. The van der Waals surface area contributed by atoms with Crippen LogP contribution in [0.25, 0.3) is 0 Å². The molecule has 0 unspecified atom stereocenters. The van der Waals surface area contributed by atoms with Gasteiger partial charge in [-0.3, -0.25) is 9.59 Å². The van der Waals surface area contributed by atoms with Gasteiger partial charge in [0.15, 0.2) is 5.78 Å². The van der Waals surface area contributed by atoms with Crippen LogP contribution in [0.15, 0.2) is 11.6 Å². The molecule has 15 heavy (non-hydrogen) atoms. The molecule has 0 aliphatic heterocycles. The molecule has 1 aliphatic carbocycles. The molecule has 0 saturated heterocycles. The van der Waals surface area contributed by atoms with Crippen LogP contribution in [0.2, 0.25) is 0 Å². The van der Waals surface area contributed by atoms with Gasteiger partial charge in [0.25, 0.3) is 0 Å². The fourth-order valence-corrected chi connectivity index (χ4v) is 2.20. The summed E-state index contributed by atoms with van der Waals surface area (Å²) in [5.41, 5.74) is 0.830. The van der Waals surface area contributed by atoms with E-state index in [0.29, 0.717) is 12.3 Å². The van der Waals surface area contributed by atoms with Crippen LogP contribution in [0.5, 0.6) is 0 Å². The Balaban J connectivity index is 3.00. The van der Waals surface area contributed by atoms with E-state index in [-0.39, 0.29) is 23.6 Å². The second-order valence-electron chi connectivity index (χ2n) is 4.47. The van der Waals surface area contributed by atoms with E-state index in [1.165, 1.54) is 7.11 Å². The average Bonchev–Trinajstić information content (AvgIpc) is 2.15. The van der Waals surface area contributed by atoms with E-state index in [2.05, 4.69) is 0 Å². The summed E-state index contributed by atoms with van der Waals surface area (Å²) in [7, 11) is 1.39. The molecule has 0 N–H and O–H groups in total. The molecule has 1 rings (SSSR count). The van der Waals surface area contributed by atoms with Gasteiger partial charge >= 0.3 is 5.97 Å². The first-order valence-electron chi connectivity index (χ1n) is 5.26. The second-order valence-corrected chi connectivity index (χ2v) is 4.47. The molecule has 0 spiro atoms. The lowest BCUT2D eigenvalue weighted by Crippen LogP contribution is -2.34. The summed E-state index contributed by atoms with van der Waals surface area (Å²) < 4.78 is 4.78. The minimum Gasteiger partial charge on any atom is -0.469 e. The van der Waals surface area contributed by atoms with Crippen molar-refractivity contribution in [3.8, 4) is 0 Å². The van der Waals surface area contributed by atoms with Crippen LogP contribution < -0.4 is 0 Å². The Labute approximate surface area is 90.5 Å². The average molecular weight is 210 g/mol. The molecule has 0 amide bonds. The zero-order chi connectivity index (χ0) is 11.6. The van der Waals surface area contributed by atoms with Crippen LogP contribution in [0, 0.1) is 17.8 Å². The monoisotopic (exact) mass is 210 g/mol. The van der Waals surface area contributed by atoms with Crippen LogP contribution in [0.1, 0.15) is 27.2 Å². The summed E-state index contributed by atoms with van der Waals surface area (Å²) in [5, 5.41) is 0. The smallest absolute Gasteiger partial charge is 0.313 e. The van der Waals surface area contributed by atoms with Crippen molar-refractivity contribution in [1.29, 1.82) is 0 Å². The van der Waals surface area contributed by atoms with Gasteiger partial charge in [-0.15, -0.1) is 0 Å². The van der Waals surface area contributed by atoms with Crippen LogP contribution in [-0.2, 0) is 14.3 Å². The van der Waals surface area contributed by atoms with E-state index < -0.39 is 0 Å². The number of carbonyl (C=O) groups is 2. The summed E-state index contributed by atoms with van der Waals surface area (Å²) >= 11 is 0. The summed E-state index contributed by atoms with van der Waals surface area (Å²) in [6, 6.07) is 0. The maximum atomic E-state index is 11.6. The maximum Gasteiger partial charge on any atom is 0.313 e. The number of allylic oxidation sites excluding steroid dienone is 1. The lowest BCUT2D eigenvalue weighted by molar-refractivity contribution is -0.147. The van der Waals surface area contributed by atoms with Gasteiger partial charge in [-0.05, 0) is 24.8 Å². The molecule has 0 aromatic carbocycles. The summed E-state index contributed by atoms with van der Waals surface area (Å²) in [6.45, 7) is 5.90. The Morgan fingerprint density at radius 2 is 2.13 bits per heavy atom. The quantitative estimate of drug-likeness (QED) is 0.654. The molecule has 0 bridgehead atoms. The Kier molecular flexibility index (Phi) is 3.66. The highest BCUT2D eigenvalue weighted by molar-refractivity contribution is 5.94. The van der Waals surface area contributed by atoms with Gasteiger partial charge < -0.3 is 4.74 Å². The van der Waals surface area contributed by atoms with Crippen molar-refractivity contribution in [2.75, 3.05) is 7.11 Å². The minimum atomic E-state index is -0.243. The first kappa shape index (κ1) is 12.0. The van der Waals surface area contributed by atoms with E-state index in [1.807, 2.05) is 20.8 Å². The van der Waals surface area contributed by atoms with Crippen molar-refractivity contribution in [2.45, 2.75) is 27.2 Å². The van der Waals surface area contributed by atoms with Gasteiger partial charge in [-0.1, -0.05) is 19.4 Å². The summed E-state index contributed by atoms with van der Waals surface area (Å²) in [6.07, 6.45) is 2.02. The number of carbonyl (C=O) groups excluding carboxylic acids is 2. The number of esters is 1. The van der Waals surface area contributed by atoms with Gasteiger partial charge in [0, 0.05) is 6.42 Å². The minimum absolute atomic E-state index is 0.0787. The van der Waals surface area contributed by atoms with Crippen molar-refractivity contribution < 1.29 is 14.3 Å². The number of ketones is 1. The Bertz CT molecular complexity index is 302. The Morgan fingerprint density at radius 3 is 2.60 bits per heavy atom. The highest BCUT2D eigenvalue weighted by Gasteiger charge is 2.36. The molecular formula is C12H18O3. The van der Waals surface area contributed by atoms with Gasteiger partial charge in [0.1, 0.15) is 0 Å². The third kappa shape index (κ3) is 2.46. The molecule has 0 fully saturated rings. The molecule has 1 aliphatic rings. The summed E-state index contributed by atoms with van der Waals surface area (Å²) in [5.74, 6) is 0.0330. The van der Waals surface area contributed by atoms with Gasteiger partial charge in [0.05, 0.1) is 13.0 Å². The SMILES string of the molecule is COC(=O)[C@H]1C(C)=CC(=O)C[C@@H]1C(C)C. The van der Waals surface area contributed by atoms with E-state index in [0.717, 1.165) is 5.57 Å². The van der Waals surface area contributed by atoms with Crippen LogP contribution >= 0.6 is 0 Å². The third-order valence-electron chi connectivity index (χ3n) is 3.06. The lowest BCUT2D eigenvalue weighted by atomic mass is 9.73. The van der Waals surface area contributed by atoms with E-state index in [9.17, 15) is 9.59 Å². The van der Waals surface area contributed by atoms with Gasteiger partial charge in [0.2, 0.25) is 0 Å². The number of hydrogen-bond donors (Lipinski definition) is 0. The molecular weight excluding hydrogens is 192 g/mol.